The molecule has 2 atom stereocenters. The normalized spacial score (nSPS) is 19.9. The van der Waals surface area contributed by atoms with Crippen molar-refractivity contribution in [3.05, 3.63) is 36.7 Å². The molecule has 2 aromatic heterocycles. The maximum atomic E-state index is 12.7. The fourth-order valence-corrected chi connectivity index (χ4v) is 3.38. The van der Waals surface area contributed by atoms with Gasteiger partial charge in [-0.25, -0.2) is 15.0 Å². The van der Waals surface area contributed by atoms with E-state index in [9.17, 15) is 13.2 Å². The average molecular weight is 538 g/mol. The molecule has 8 nitrogen and oxygen atoms in total. The Labute approximate surface area is 190 Å². The molecule has 2 aromatic rings. The number of piperidine rings is 1. The van der Waals surface area contributed by atoms with E-state index in [1.165, 1.54) is 0 Å². The van der Waals surface area contributed by atoms with Crippen LogP contribution in [-0.4, -0.2) is 63.6 Å². The smallest absolute Gasteiger partial charge is 0.354 e. The molecule has 0 bridgehead atoms. The molecule has 12 heteroatoms. The molecular weight excluding hydrogens is 512 g/mol. The molecule has 0 aromatic carbocycles. The fourth-order valence-electron chi connectivity index (χ4n) is 3.38. The van der Waals surface area contributed by atoms with Crippen LogP contribution in [0.4, 0.5) is 19.1 Å². The van der Waals surface area contributed by atoms with Crippen LogP contribution in [0.3, 0.4) is 0 Å². The Bertz CT molecular complexity index is 812. The van der Waals surface area contributed by atoms with Gasteiger partial charge in [-0.15, -0.1) is 24.0 Å². The van der Waals surface area contributed by atoms with E-state index in [0.29, 0.717) is 25.0 Å². The number of aromatic nitrogens is 4. The van der Waals surface area contributed by atoms with Gasteiger partial charge in [0.25, 0.3) is 0 Å². The van der Waals surface area contributed by atoms with E-state index in [2.05, 4.69) is 47.0 Å². The number of halogens is 4. The summed E-state index contributed by atoms with van der Waals surface area (Å²) in [7, 11) is 1.72. The van der Waals surface area contributed by atoms with Gasteiger partial charge in [0.2, 0.25) is 5.95 Å². The zero-order valence-corrected chi connectivity index (χ0v) is 19.1. The minimum atomic E-state index is -4.49. The van der Waals surface area contributed by atoms with Crippen LogP contribution >= 0.6 is 24.0 Å². The Morgan fingerprint density at radius 3 is 2.77 bits per heavy atom. The largest absolute Gasteiger partial charge is 0.433 e. The first kappa shape index (κ1) is 24.2. The van der Waals surface area contributed by atoms with Crippen LogP contribution < -0.4 is 10.6 Å². The summed E-state index contributed by atoms with van der Waals surface area (Å²) in [6, 6.07) is 1.15. The summed E-state index contributed by atoms with van der Waals surface area (Å²) in [6.45, 7) is 4.75. The predicted molar refractivity (Wildman–Crippen MR) is 119 cm³/mol. The third-order valence-electron chi connectivity index (χ3n) is 4.98. The first-order valence-corrected chi connectivity index (χ1v) is 9.45. The second kappa shape index (κ2) is 10.8. The Morgan fingerprint density at radius 1 is 1.30 bits per heavy atom. The van der Waals surface area contributed by atoms with Gasteiger partial charge >= 0.3 is 6.18 Å². The van der Waals surface area contributed by atoms with Gasteiger partial charge in [-0.3, -0.25) is 4.99 Å². The number of aliphatic imine (C=N–C) groups is 1. The number of nitrogens with one attached hydrogen (secondary N) is 2. The minimum Gasteiger partial charge on any atom is -0.354 e. The average Bonchev–Trinajstić information content (AvgIpc) is 3.23. The van der Waals surface area contributed by atoms with E-state index in [1.807, 2.05) is 12.5 Å². The fraction of sp³-hybridized carbons (Fsp3) is 0.556. The molecule has 30 heavy (non-hydrogen) atoms. The Hall–Kier alpha value is -2.12. The highest BCUT2D eigenvalue weighted by molar-refractivity contribution is 14.0. The maximum Gasteiger partial charge on any atom is 0.433 e. The van der Waals surface area contributed by atoms with Gasteiger partial charge in [0.15, 0.2) is 5.96 Å². The summed E-state index contributed by atoms with van der Waals surface area (Å²) in [5, 5.41) is 6.05. The van der Waals surface area contributed by atoms with Gasteiger partial charge in [0, 0.05) is 51.8 Å². The van der Waals surface area contributed by atoms with Crippen LogP contribution in [0.2, 0.25) is 0 Å². The lowest BCUT2D eigenvalue weighted by Crippen LogP contribution is -2.49. The number of likely N-dealkylation sites (tertiary alicyclic amines) is 1. The van der Waals surface area contributed by atoms with Crippen molar-refractivity contribution >= 4 is 35.9 Å². The lowest BCUT2D eigenvalue weighted by molar-refractivity contribution is -0.141. The molecule has 1 aliphatic rings. The Morgan fingerprint density at radius 2 is 2.10 bits per heavy atom. The zero-order valence-electron chi connectivity index (χ0n) is 16.8. The van der Waals surface area contributed by atoms with Crippen molar-refractivity contribution in [1.29, 1.82) is 0 Å². The van der Waals surface area contributed by atoms with Crippen LogP contribution in [0.15, 0.2) is 36.0 Å². The molecule has 3 heterocycles. The summed E-state index contributed by atoms with van der Waals surface area (Å²) >= 11 is 0. The summed E-state index contributed by atoms with van der Waals surface area (Å²) < 4.78 is 40.3. The van der Waals surface area contributed by atoms with Gasteiger partial charge in [0.05, 0.1) is 12.4 Å². The van der Waals surface area contributed by atoms with Crippen LogP contribution in [0.25, 0.3) is 0 Å². The van der Waals surface area contributed by atoms with Gasteiger partial charge in [-0.2, -0.15) is 13.2 Å². The Kier molecular flexibility index (Phi) is 8.67. The molecular formula is C18H26F3IN8. The van der Waals surface area contributed by atoms with E-state index in [-0.39, 0.29) is 29.9 Å². The molecule has 0 aliphatic carbocycles. The summed E-state index contributed by atoms with van der Waals surface area (Å²) in [6.07, 6.45) is 3.21. The number of nitrogens with zero attached hydrogens (tertiary/aromatic N) is 6. The van der Waals surface area contributed by atoms with Gasteiger partial charge in [-0.1, -0.05) is 6.92 Å². The number of anilines is 1. The number of imidazole rings is 1. The lowest BCUT2D eigenvalue weighted by atomic mass is 9.93. The molecule has 166 valence electrons. The molecule has 1 saturated heterocycles. The first-order chi connectivity index (χ1) is 13.9. The number of guanidine groups is 1. The maximum absolute atomic E-state index is 12.7. The first-order valence-electron chi connectivity index (χ1n) is 9.45. The van der Waals surface area contributed by atoms with Crippen molar-refractivity contribution in [3.8, 4) is 0 Å². The summed E-state index contributed by atoms with van der Waals surface area (Å²) in [5.41, 5.74) is -0.966. The highest BCUT2D eigenvalue weighted by atomic mass is 127. The molecule has 3 rings (SSSR count). The predicted octanol–water partition coefficient (Wildman–Crippen LogP) is 2.88. The van der Waals surface area contributed by atoms with Gasteiger partial charge < -0.3 is 20.1 Å². The molecule has 1 fully saturated rings. The van der Waals surface area contributed by atoms with E-state index in [1.54, 1.807) is 13.2 Å². The quantitative estimate of drug-likeness (QED) is 0.264. The number of hydrogen-bond acceptors (Lipinski definition) is 5. The molecule has 0 radical (unpaired) electrons. The van der Waals surface area contributed by atoms with Gasteiger partial charge in [0.1, 0.15) is 5.69 Å². The topological polar surface area (TPSA) is 83.3 Å². The SMILES string of the molecule is CN=C(NCCNc1nccc(C(F)(F)F)n1)N1CCC(C)C(n2ccnc2)C1.I. The second-order valence-electron chi connectivity index (χ2n) is 6.95. The van der Waals surface area contributed by atoms with E-state index < -0.39 is 11.9 Å². The van der Waals surface area contributed by atoms with Crippen molar-refractivity contribution in [2.45, 2.75) is 25.6 Å². The lowest BCUT2D eigenvalue weighted by Gasteiger charge is -2.39. The van der Waals surface area contributed by atoms with E-state index in [4.69, 9.17) is 0 Å². The zero-order chi connectivity index (χ0) is 20.9. The number of hydrogen-bond donors (Lipinski definition) is 2. The molecule has 0 saturated carbocycles. The summed E-state index contributed by atoms with van der Waals surface area (Å²) in [4.78, 5) is 18.0. The van der Waals surface area contributed by atoms with Crippen molar-refractivity contribution in [2.75, 3.05) is 38.5 Å². The van der Waals surface area contributed by atoms with E-state index >= 15 is 0 Å². The third kappa shape index (κ3) is 6.19. The number of alkyl halides is 3. The van der Waals surface area contributed by atoms with E-state index in [0.717, 1.165) is 37.7 Å². The van der Waals surface area contributed by atoms with Crippen LogP contribution in [0.5, 0.6) is 0 Å². The van der Waals surface area contributed by atoms with Crippen LogP contribution in [0, 0.1) is 5.92 Å². The van der Waals surface area contributed by atoms with Crippen molar-refractivity contribution in [3.63, 3.8) is 0 Å². The Balaban J connectivity index is 0.00000320. The third-order valence-corrected chi connectivity index (χ3v) is 4.98. The molecule has 2 N–H and O–H groups in total. The van der Waals surface area contributed by atoms with Gasteiger partial charge in [-0.05, 0) is 18.4 Å². The van der Waals surface area contributed by atoms with Crippen LogP contribution in [0.1, 0.15) is 25.1 Å². The van der Waals surface area contributed by atoms with Crippen molar-refractivity contribution in [1.82, 2.24) is 29.7 Å². The monoisotopic (exact) mass is 538 g/mol. The highest BCUT2D eigenvalue weighted by Gasteiger charge is 2.32. The highest BCUT2D eigenvalue weighted by Crippen LogP contribution is 2.28. The molecule has 0 spiro atoms. The number of rotatable bonds is 5. The standard InChI is InChI=1S/C18H25F3N8.HI/c1-13-4-9-28(11-14(13)29-10-8-23-12-29)17(22-2)26-7-6-25-16-24-5-3-15(27-16)18(19,20)21;/h3,5,8,10,12-14H,4,6-7,9,11H2,1-2H3,(H,22,26)(H,24,25,27);1H. The van der Waals surface area contributed by atoms with Crippen LogP contribution in [-0.2, 0) is 6.18 Å². The minimum absolute atomic E-state index is 0. The molecule has 0 amide bonds. The van der Waals surface area contributed by atoms with Crippen molar-refractivity contribution in [2.24, 2.45) is 10.9 Å². The molecule has 2 unspecified atom stereocenters. The molecule has 1 aliphatic heterocycles. The summed E-state index contributed by atoms with van der Waals surface area (Å²) in [5.74, 6) is 1.23. The second-order valence-corrected chi connectivity index (χ2v) is 6.95. The van der Waals surface area contributed by atoms with Crippen molar-refractivity contribution < 1.29 is 13.2 Å².